The second-order valence-electron chi connectivity index (χ2n) is 5.10. The Hall–Kier alpha value is -2.66. The van der Waals surface area contributed by atoms with Gasteiger partial charge in [0.2, 0.25) is 5.91 Å². The van der Waals surface area contributed by atoms with E-state index in [1.807, 2.05) is 30.3 Å². The van der Waals surface area contributed by atoms with Crippen molar-refractivity contribution in [3.8, 4) is 0 Å². The van der Waals surface area contributed by atoms with Gasteiger partial charge in [-0.05, 0) is 36.2 Å². The third-order valence-corrected chi connectivity index (χ3v) is 3.46. The van der Waals surface area contributed by atoms with Crippen molar-refractivity contribution in [2.45, 2.75) is 12.8 Å². The first kappa shape index (κ1) is 16.7. The van der Waals surface area contributed by atoms with E-state index < -0.39 is 0 Å². The number of carbonyl (C=O) groups excluding carboxylic acids is 2. The van der Waals surface area contributed by atoms with Crippen LogP contribution in [0.4, 0.5) is 5.69 Å². The molecule has 0 fully saturated rings. The Bertz CT molecular complexity index is 654. The van der Waals surface area contributed by atoms with Crippen molar-refractivity contribution in [2.24, 2.45) is 0 Å². The fourth-order valence-electron chi connectivity index (χ4n) is 2.09. The van der Waals surface area contributed by atoms with Crippen molar-refractivity contribution >= 4 is 17.5 Å². The van der Waals surface area contributed by atoms with Crippen LogP contribution in [0.15, 0.2) is 54.6 Å². The third-order valence-electron chi connectivity index (χ3n) is 3.46. The van der Waals surface area contributed by atoms with E-state index >= 15 is 0 Å². The summed E-state index contributed by atoms with van der Waals surface area (Å²) in [4.78, 5) is 28.7. The number of nitrogens with zero attached hydrogens (tertiary/aromatic N) is 1. The van der Waals surface area contributed by atoms with Gasteiger partial charge in [-0.25, -0.2) is 5.06 Å². The Morgan fingerprint density at radius 3 is 2.30 bits per heavy atom. The SMILES string of the molecule is CON(C)C(=O)c1ccc(NC(=O)CCc2ccccc2)cc1. The van der Waals surface area contributed by atoms with Gasteiger partial charge in [-0.15, -0.1) is 0 Å². The molecule has 0 saturated carbocycles. The topological polar surface area (TPSA) is 58.6 Å². The van der Waals surface area contributed by atoms with Crippen LogP contribution in [0.5, 0.6) is 0 Å². The van der Waals surface area contributed by atoms with Gasteiger partial charge in [-0.2, -0.15) is 0 Å². The lowest BCUT2D eigenvalue weighted by atomic mass is 10.1. The number of rotatable bonds is 6. The molecule has 0 atom stereocenters. The summed E-state index contributed by atoms with van der Waals surface area (Å²) >= 11 is 0. The quantitative estimate of drug-likeness (QED) is 0.834. The summed E-state index contributed by atoms with van der Waals surface area (Å²) in [5.74, 6) is -0.295. The summed E-state index contributed by atoms with van der Waals surface area (Å²) in [7, 11) is 2.97. The molecular weight excluding hydrogens is 292 g/mol. The average Bonchev–Trinajstić information content (AvgIpc) is 2.60. The van der Waals surface area contributed by atoms with Crippen LogP contribution in [0.1, 0.15) is 22.3 Å². The van der Waals surface area contributed by atoms with Crippen molar-refractivity contribution in [3.63, 3.8) is 0 Å². The summed E-state index contributed by atoms with van der Waals surface area (Å²) < 4.78 is 0. The van der Waals surface area contributed by atoms with Gasteiger partial charge in [0, 0.05) is 24.7 Å². The Balaban J connectivity index is 1.88. The van der Waals surface area contributed by atoms with Crippen molar-refractivity contribution < 1.29 is 14.4 Å². The Labute approximate surface area is 135 Å². The second-order valence-corrected chi connectivity index (χ2v) is 5.10. The zero-order chi connectivity index (χ0) is 16.7. The molecule has 0 bridgehead atoms. The number of carbonyl (C=O) groups is 2. The summed E-state index contributed by atoms with van der Waals surface area (Å²) in [6, 6.07) is 16.6. The zero-order valence-electron chi connectivity index (χ0n) is 13.3. The van der Waals surface area contributed by atoms with Crippen molar-refractivity contribution in [3.05, 3.63) is 65.7 Å². The van der Waals surface area contributed by atoms with E-state index in [0.717, 1.165) is 10.6 Å². The van der Waals surface area contributed by atoms with Gasteiger partial charge >= 0.3 is 0 Å². The van der Waals surface area contributed by atoms with Crippen LogP contribution in [0.25, 0.3) is 0 Å². The van der Waals surface area contributed by atoms with Crippen LogP contribution in [-0.4, -0.2) is 31.0 Å². The summed E-state index contributed by atoms with van der Waals surface area (Å²) in [6.07, 6.45) is 1.11. The molecule has 5 nitrogen and oxygen atoms in total. The van der Waals surface area contributed by atoms with Crippen LogP contribution < -0.4 is 5.32 Å². The molecule has 2 aromatic rings. The number of nitrogens with one attached hydrogen (secondary N) is 1. The predicted octanol–water partition coefficient (Wildman–Crippen LogP) is 2.89. The minimum Gasteiger partial charge on any atom is -0.326 e. The maximum atomic E-state index is 12.0. The number of aryl methyl sites for hydroxylation is 1. The summed E-state index contributed by atoms with van der Waals surface area (Å²) in [6.45, 7) is 0. The molecule has 0 aliphatic heterocycles. The number of anilines is 1. The number of hydroxylamine groups is 2. The molecule has 2 amide bonds. The lowest BCUT2D eigenvalue weighted by Crippen LogP contribution is -2.25. The monoisotopic (exact) mass is 312 g/mol. The van der Waals surface area contributed by atoms with Gasteiger partial charge in [-0.1, -0.05) is 30.3 Å². The van der Waals surface area contributed by atoms with Gasteiger partial charge in [-0.3, -0.25) is 14.4 Å². The lowest BCUT2D eigenvalue weighted by molar-refractivity contribution is -0.116. The number of hydrogen-bond donors (Lipinski definition) is 1. The average molecular weight is 312 g/mol. The highest BCUT2D eigenvalue weighted by molar-refractivity contribution is 5.95. The molecular formula is C18H20N2O3. The molecule has 0 spiro atoms. The van der Waals surface area contributed by atoms with Gasteiger partial charge < -0.3 is 5.32 Å². The molecule has 5 heteroatoms. The largest absolute Gasteiger partial charge is 0.326 e. The highest BCUT2D eigenvalue weighted by atomic mass is 16.7. The van der Waals surface area contributed by atoms with Crippen LogP contribution in [-0.2, 0) is 16.1 Å². The molecule has 2 rings (SSSR count). The normalized spacial score (nSPS) is 10.2. The van der Waals surface area contributed by atoms with Crippen LogP contribution in [0, 0.1) is 0 Å². The molecule has 0 unspecified atom stereocenters. The molecule has 0 heterocycles. The fraction of sp³-hybridized carbons (Fsp3) is 0.222. The maximum absolute atomic E-state index is 12.0. The smallest absolute Gasteiger partial charge is 0.277 e. The Morgan fingerprint density at radius 2 is 1.70 bits per heavy atom. The highest BCUT2D eigenvalue weighted by Gasteiger charge is 2.11. The van der Waals surface area contributed by atoms with Crippen molar-refractivity contribution in [1.82, 2.24) is 5.06 Å². The van der Waals surface area contributed by atoms with E-state index in [2.05, 4.69) is 5.32 Å². The molecule has 0 aliphatic carbocycles. The van der Waals surface area contributed by atoms with Crippen molar-refractivity contribution in [1.29, 1.82) is 0 Å². The zero-order valence-corrected chi connectivity index (χ0v) is 13.3. The highest BCUT2D eigenvalue weighted by Crippen LogP contribution is 2.12. The first-order chi connectivity index (χ1) is 11.1. The first-order valence-corrected chi connectivity index (χ1v) is 7.36. The van der Waals surface area contributed by atoms with Crippen molar-refractivity contribution in [2.75, 3.05) is 19.5 Å². The van der Waals surface area contributed by atoms with Gasteiger partial charge in [0.05, 0.1) is 7.11 Å². The molecule has 120 valence electrons. The molecule has 1 N–H and O–H groups in total. The second kappa shape index (κ2) is 8.10. The Kier molecular flexibility index (Phi) is 5.88. The van der Waals surface area contributed by atoms with E-state index in [4.69, 9.17) is 4.84 Å². The molecule has 0 radical (unpaired) electrons. The Morgan fingerprint density at radius 1 is 1.04 bits per heavy atom. The number of amides is 2. The fourth-order valence-corrected chi connectivity index (χ4v) is 2.09. The first-order valence-electron chi connectivity index (χ1n) is 7.36. The van der Waals surface area contributed by atoms with Crippen LogP contribution >= 0.6 is 0 Å². The van der Waals surface area contributed by atoms with Crippen LogP contribution in [0.3, 0.4) is 0 Å². The molecule has 0 aliphatic rings. The number of benzene rings is 2. The molecule has 23 heavy (non-hydrogen) atoms. The lowest BCUT2D eigenvalue weighted by Gasteiger charge is -2.13. The minimum atomic E-state index is -0.241. The third kappa shape index (κ3) is 4.93. The molecule has 2 aromatic carbocycles. The van der Waals surface area contributed by atoms with E-state index in [1.54, 1.807) is 31.3 Å². The van der Waals surface area contributed by atoms with Gasteiger partial charge in [0.15, 0.2) is 0 Å². The minimum absolute atomic E-state index is 0.0538. The summed E-state index contributed by atoms with van der Waals surface area (Å²) in [5.41, 5.74) is 2.29. The van der Waals surface area contributed by atoms with E-state index in [1.165, 1.54) is 7.11 Å². The van der Waals surface area contributed by atoms with E-state index in [-0.39, 0.29) is 11.8 Å². The maximum Gasteiger partial charge on any atom is 0.277 e. The predicted molar refractivity (Wildman–Crippen MR) is 88.9 cm³/mol. The molecule has 0 aromatic heterocycles. The van der Waals surface area contributed by atoms with Crippen LogP contribution in [0.2, 0.25) is 0 Å². The summed E-state index contributed by atoms with van der Waals surface area (Å²) in [5, 5.41) is 3.97. The van der Waals surface area contributed by atoms with E-state index in [0.29, 0.717) is 24.1 Å². The van der Waals surface area contributed by atoms with E-state index in [9.17, 15) is 9.59 Å². The van der Waals surface area contributed by atoms with Gasteiger partial charge in [0.25, 0.3) is 5.91 Å². The molecule has 0 saturated heterocycles. The number of hydrogen-bond acceptors (Lipinski definition) is 3. The van der Waals surface area contributed by atoms with Gasteiger partial charge in [0.1, 0.15) is 0 Å². The standard InChI is InChI=1S/C18H20N2O3/c1-20(23-2)18(22)15-9-11-16(12-10-15)19-17(21)13-8-14-6-4-3-5-7-14/h3-7,9-12H,8,13H2,1-2H3,(H,19,21).